The molecule has 4 rings (SSSR count). The van der Waals surface area contributed by atoms with Gasteiger partial charge in [0.15, 0.2) is 11.5 Å². The van der Waals surface area contributed by atoms with Crippen LogP contribution >= 0.6 is 0 Å². The summed E-state index contributed by atoms with van der Waals surface area (Å²) >= 11 is 0. The van der Waals surface area contributed by atoms with Crippen LogP contribution in [0.4, 0.5) is 5.69 Å². The Bertz CT molecular complexity index is 1230. The number of amides is 2. The van der Waals surface area contributed by atoms with Crippen molar-refractivity contribution in [3.63, 3.8) is 0 Å². The topological polar surface area (TPSA) is 82.1 Å². The van der Waals surface area contributed by atoms with E-state index in [1.807, 2.05) is 13.0 Å². The molecule has 1 aliphatic heterocycles. The number of rotatable bonds is 8. The highest BCUT2D eigenvalue weighted by Gasteiger charge is 2.36. The molecule has 0 spiro atoms. The fraction of sp³-hybridized carbons (Fsp3) is 0.148. The lowest BCUT2D eigenvalue weighted by Crippen LogP contribution is -2.29. The average Bonchev–Trinajstić information content (AvgIpc) is 3.12. The molecule has 7 heteroatoms. The van der Waals surface area contributed by atoms with Gasteiger partial charge in [-0.1, -0.05) is 25.1 Å². The molecule has 1 aliphatic rings. The maximum absolute atomic E-state index is 12.6. The second kappa shape index (κ2) is 10.0. The van der Waals surface area contributed by atoms with Crippen LogP contribution in [-0.4, -0.2) is 31.5 Å². The number of nitrogens with zero attached hydrogens (tertiary/aromatic N) is 1. The van der Waals surface area contributed by atoms with Gasteiger partial charge in [0, 0.05) is 6.08 Å². The molecule has 0 radical (unpaired) electrons. The minimum atomic E-state index is -0.571. The van der Waals surface area contributed by atoms with Crippen molar-refractivity contribution in [3.05, 3.63) is 89.5 Å². The Hall–Kier alpha value is -4.39. The van der Waals surface area contributed by atoms with Crippen molar-refractivity contribution >= 4 is 29.5 Å². The van der Waals surface area contributed by atoms with Crippen molar-refractivity contribution in [3.8, 4) is 17.2 Å². The summed E-state index contributed by atoms with van der Waals surface area (Å²) in [6.45, 7) is 2.61. The summed E-state index contributed by atoms with van der Waals surface area (Å²) in [6.07, 6.45) is 3.80. The predicted molar refractivity (Wildman–Crippen MR) is 127 cm³/mol. The first-order chi connectivity index (χ1) is 16.5. The molecule has 3 aromatic rings. The number of hydrogen-bond acceptors (Lipinski definition) is 6. The fourth-order valence-corrected chi connectivity index (χ4v) is 3.52. The molecule has 7 nitrogen and oxygen atoms in total. The number of anilines is 1. The predicted octanol–water partition coefficient (Wildman–Crippen LogP) is 4.90. The van der Waals surface area contributed by atoms with Crippen LogP contribution in [0.25, 0.3) is 6.08 Å². The van der Waals surface area contributed by atoms with Crippen LogP contribution < -0.4 is 19.1 Å². The Morgan fingerprint density at radius 3 is 2.21 bits per heavy atom. The second-order valence-electron chi connectivity index (χ2n) is 7.50. The Labute approximate surface area is 197 Å². The Morgan fingerprint density at radius 2 is 1.59 bits per heavy atom. The van der Waals surface area contributed by atoms with Crippen LogP contribution in [0.1, 0.15) is 39.6 Å². The summed E-state index contributed by atoms with van der Waals surface area (Å²) in [5, 5.41) is 0. The number of ether oxygens (including phenoxy) is 3. The quantitative estimate of drug-likeness (QED) is 0.207. The summed E-state index contributed by atoms with van der Waals surface area (Å²) in [7, 11) is 1.56. The molecule has 34 heavy (non-hydrogen) atoms. The molecule has 0 saturated heterocycles. The molecule has 0 saturated carbocycles. The Morgan fingerprint density at radius 1 is 0.912 bits per heavy atom. The van der Waals surface area contributed by atoms with Gasteiger partial charge in [0.1, 0.15) is 5.75 Å². The third-order valence-electron chi connectivity index (χ3n) is 5.17. The molecule has 3 aromatic carbocycles. The van der Waals surface area contributed by atoms with Crippen molar-refractivity contribution in [2.45, 2.75) is 13.3 Å². The Balaban J connectivity index is 1.40. The zero-order valence-electron chi connectivity index (χ0n) is 18.8. The fourth-order valence-electron chi connectivity index (χ4n) is 3.52. The molecular formula is C27H23NO6. The third kappa shape index (κ3) is 4.68. The van der Waals surface area contributed by atoms with E-state index in [2.05, 4.69) is 0 Å². The highest BCUT2D eigenvalue weighted by Crippen LogP contribution is 2.30. The minimum absolute atomic E-state index is 0.288. The second-order valence-corrected chi connectivity index (χ2v) is 7.50. The van der Waals surface area contributed by atoms with Gasteiger partial charge in [0.2, 0.25) is 0 Å². The number of fused-ring (bicyclic) bond motifs is 1. The number of carbonyl (C=O) groups is 3. The molecular weight excluding hydrogens is 434 g/mol. The molecule has 0 atom stereocenters. The molecule has 0 aromatic heterocycles. The molecule has 172 valence electrons. The molecule has 0 bridgehead atoms. The molecule has 0 aliphatic carbocycles. The van der Waals surface area contributed by atoms with Crippen LogP contribution in [0.5, 0.6) is 17.2 Å². The van der Waals surface area contributed by atoms with E-state index >= 15 is 0 Å². The van der Waals surface area contributed by atoms with Crippen molar-refractivity contribution in [1.29, 1.82) is 0 Å². The minimum Gasteiger partial charge on any atom is -0.493 e. The summed E-state index contributed by atoms with van der Waals surface area (Å²) in [5.41, 5.74) is 1.89. The highest BCUT2D eigenvalue weighted by atomic mass is 16.5. The van der Waals surface area contributed by atoms with Gasteiger partial charge in [0.25, 0.3) is 11.8 Å². The van der Waals surface area contributed by atoms with Gasteiger partial charge in [-0.3, -0.25) is 9.59 Å². The van der Waals surface area contributed by atoms with Crippen LogP contribution in [0.2, 0.25) is 0 Å². The summed E-state index contributed by atoms with van der Waals surface area (Å²) in [5.74, 6) is 0.175. The van der Waals surface area contributed by atoms with Crippen molar-refractivity contribution in [2.75, 3.05) is 18.6 Å². The van der Waals surface area contributed by atoms with E-state index in [0.717, 1.165) is 16.9 Å². The largest absolute Gasteiger partial charge is 0.493 e. The number of carbonyl (C=O) groups excluding carboxylic acids is 3. The van der Waals surface area contributed by atoms with E-state index in [-0.39, 0.29) is 17.6 Å². The monoisotopic (exact) mass is 457 g/mol. The lowest BCUT2D eigenvalue weighted by atomic mass is 10.1. The van der Waals surface area contributed by atoms with Gasteiger partial charge < -0.3 is 14.2 Å². The zero-order valence-corrected chi connectivity index (χ0v) is 18.8. The number of imide groups is 1. The average molecular weight is 457 g/mol. The van der Waals surface area contributed by atoms with Crippen LogP contribution in [0.3, 0.4) is 0 Å². The number of hydrogen-bond donors (Lipinski definition) is 0. The normalized spacial score (nSPS) is 12.7. The van der Waals surface area contributed by atoms with Crippen LogP contribution in [0, 0.1) is 0 Å². The van der Waals surface area contributed by atoms with E-state index < -0.39 is 5.97 Å². The van der Waals surface area contributed by atoms with Gasteiger partial charge in [-0.25, -0.2) is 9.69 Å². The maximum Gasteiger partial charge on any atom is 0.336 e. The lowest BCUT2D eigenvalue weighted by molar-refractivity contribution is -0.128. The molecule has 0 unspecified atom stereocenters. The summed E-state index contributed by atoms with van der Waals surface area (Å²) < 4.78 is 16.3. The van der Waals surface area contributed by atoms with Gasteiger partial charge in [-0.2, -0.15) is 0 Å². The summed E-state index contributed by atoms with van der Waals surface area (Å²) in [4.78, 5) is 38.6. The van der Waals surface area contributed by atoms with Gasteiger partial charge >= 0.3 is 5.97 Å². The van der Waals surface area contributed by atoms with Crippen molar-refractivity contribution < 1.29 is 28.6 Å². The van der Waals surface area contributed by atoms with Gasteiger partial charge in [-0.05, 0) is 66.6 Å². The van der Waals surface area contributed by atoms with E-state index in [4.69, 9.17) is 14.2 Å². The molecule has 0 fully saturated rings. The zero-order chi connectivity index (χ0) is 24.1. The number of benzene rings is 3. The van der Waals surface area contributed by atoms with E-state index in [1.165, 1.54) is 18.2 Å². The van der Waals surface area contributed by atoms with Gasteiger partial charge in [-0.15, -0.1) is 0 Å². The van der Waals surface area contributed by atoms with E-state index in [0.29, 0.717) is 34.9 Å². The van der Waals surface area contributed by atoms with Crippen LogP contribution in [0.15, 0.2) is 72.8 Å². The molecule has 0 N–H and O–H groups in total. The van der Waals surface area contributed by atoms with E-state index in [1.54, 1.807) is 61.7 Å². The van der Waals surface area contributed by atoms with Crippen molar-refractivity contribution in [2.24, 2.45) is 0 Å². The Kier molecular flexibility index (Phi) is 6.73. The van der Waals surface area contributed by atoms with Crippen molar-refractivity contribution in [1.82, 2.24) is 0 Å². The number of methoxy groups -OCH3 is 1. The van der Waals surface area contributed by atoms with Crippen LogP contribution in [-0.2, 0) is 4.79 Å². The summed E-state index contributed by atoms with van der Waals surface area (Å²) in [6, 6.07) is 18.3. The highest BCUT2D eigenvalue weighted by molar-refractivity contribution is 6.34. The van der Waals surface area contributed by atoms with E-state index in [9.17, 15) is 14.4 Å². The first-order valence-electron chi connectivity index (χ1n) is 10.8. The first kappa shape index (κ1) is 22.8. The molecule has 2 amide bonds. The third-order valence-corrected chi connectivity index (χ3v) is 5.17. The lowest BCUT2D eigenvalue weighted by Gasteiger charge is -2.14. The number of esters is 1. The SMILES string of the molecule is CCCOc1ccc(/C=C/C(=O)Oc2ccc(N3C(=O)c4ccccc4C3=O)cc2)cc1OC. The van der Waals surface area contributed by atoms with Gasteiger partial charge in [0.05, 0.1) is 30.5 Å². The molecule has 1 heterocycles. The maximum atomic E-state index is 12.6. The standard InChI is InChI=1S/C27H23NO6/c1-3-16-33-23-14-8-18(17-24(23)32-2)9-15-25(29)34-20-12-10-19(11-13-20)28-26(30)21-6-4-5-7-22(21)27(28)31/h4-15,17H,3,16H2,1-2H3/b15-9+. The first-order valence-corrected chi connectivity index (χ1v) is 10.8. The smallest absolute Gasteiger partial charge is 0.336 e.